The topological polar surface area (TPSA) is 147 Å². The largest absolute Gasteiger partial charge is 0.481 e. The van der Waals surface area contributed by atoms with E-state index in [0.717, 1.165) is 15.6 Å². The fraction of sp³-hybridized carbons (Fsp3) is 0.476. The van der Waals surface area contributed by atoms with Crippen LogP contribution in [0, 0.1) is 3.57 Å². The van der Waals surface area contributed by atoms with Crippen molar-refractivity contribution < 1.29 is 38.9 Å². The smallest absolute Gasteiger partial charge is 0.408 e. The summed E-state index contributed by atoms with van der Waals surface area (Å²) in [7, 11) is 0. The lowest BCUT2D eigenvalue weighted by molar-refractivity contribution is -0.147. The number of halogens is 1. The minimum absolute atomic E-state index is 0.0634. The highest BCUT2D eigenvalue weighted by Gasteiger charge is 2.26. The molecule has 31 heavy (non-hydrogen) atoms. The van der Waals surface area contributed by atoms with E-state index in [-0.39, 0.29) is 37.9 Å². The Morgan fingerprint density at radius 2 is 1.65 bits per heavy atom. The average Bonchev–Trinajstić information content (AvgIpc) is 2.69. The van der Waals surface area contributed by atoms with E-state index in [1.807, 2.05) is 24.3 Å². The van der Waals surface area contributed by atoms with Crippen LogP contribution in [-0.2, 0) is 30.3 Å². The number of carbonyl (C=O) groups is 5. The Hall–Kier alpha value is -2.50. The summed E-state index contributed by atoms with van der Waals surface area (Å²) in [6, 6.07) is 6.85. The molecule has 0 aromatic heterocycles. The fourth-order valence-electron chi connectivity index (χ4n) is 2.74. The van der Waals surface area contributed by atoms with Gasteiger partial charge >= 0.3 is 18.0 Å². The Bertz CT molecular complexity index is 793. The van der Waals surface area contributed by atoms with E-state index in [2.05, 4.69) is 27.9 Å². The number of ketones is 2. The van der Waals surface area contributed by atoms with Crippen LogP contribution in [-0.4, -0.2) is 52.0 Å². The number of benzene rings is 1. The van der Waals surface area contributed by atoms with Crippen molar-refractivity contribution in [1.82, 2.24) is 5.32 Å². The molecule has 170 valence electrons. The molecular formula is C21H26INO8. The minimum Gasteiger partial charge on any atom is -0.481 e. The number of rotatable bonds is 14. The first-order valence-electron chi connectivity index (χ1n) is 9.76. The zero-order valence-electron chi connectivity index (χ0n) is 17.1. The van der Waals surface area contributed by atoms with Crippen molar-refractivity contribution in [3.05, 3.63) is 33.4 Å². The standard InChI is InChI=1S/C21H26INO8/c1-13(24)17(10-12-19(26)27)23-21(30)31-18(20(28)29)11-9-16(25)4-2-3-14-5-7-15(22)8-6-14/h5-8,17-18H,2-4,9-12H2,1H3,(H,23,30)(H,26,27)(H,28,29)/t17-,18-/m0/s1/i22-4. The van der Waals surface area contributed by atoms with Crippen molar-refractivity contribution in [2.24, 2.45) is 0 Å². The molecule has 0 saturated heterocycles. The highest BCUT2D eigenvalue weighted by Crippen LogP contribution is 2.12. The van der Waals surface area contributed by atoms with Gasteiger partial charge in [-0.05, 0) is 66.5 Å². The van der Waals surface area contributed by atoms with Crippen molar-refractivity contribution in [1.29, 1.82) is 0 Å². The number of ether oxygens (including phenoxy) is 1. The van der Waals surface area contributed by atoms with Gasteiger partial charge in [-0.15, -0.1) is 0 Å². The lowest BCUT2D eigenvalue weighted by Crippen LogP contribution is -2.43. The molecule has 0 unspecified atom stereocenters. The molecule has 1 aromatic rings. The van der Waals surface area contributed by atoms with Crippen molar-refractivity contribution in [3.63, 3.8) is 0 Å². The molecule has 0 bridgehead atoms. The summed E-state index contributed by atoms with van der Waals surface area (Å²) >= 11 is 2.21. The quantitative estimate of drug-likeness (QED) is 0.304. The molecule has 0 saturated carbocycles. The zero-order chi connectivity index (χ0) is 23.4. The van der Waals surface area contributed by atoms with Crippen LogP contribution in [0.4, 0.5) is 4.79 Å². The number of amides is 1. The second-order valence-electron chi connectivity index (χ2n) is 7.03. The summed E-state index contributed by atoms with van der Waals surface area (Å²) in [6.45, 7) is 1.18. The molecule has 2 atom stereocenters. The monoisotopic (exact) mass is 543 g/mol. The van der Waals surface area contributed by atoms with E-state index in [4.69, 9.17) is 9.84 Å². The van der Waals surface area contributed by atoms with Crippen LogP contribution in [0.2, 0.25) is 0 Å². The second kappa shape index (κ2) is 13.7. The predicted octanol–water partition coefficient (Wildman–Crippen LogP) is 2.97. The molecule has 1 rings (SSSR count). The molecule has 10 heteroatoms. The van der Waals surface area contributed by atoms with Gasteiger partial charge in [-0.3, -0.25) is 14.4 Å². The number of aryl methyl sites for hydroxylation is 1. The zero-order valence-corrected chi connectivity index (χ0v) is 19.3. The second-order valence-corrected chi connectivity index (χ2v) is 8.28. The summed E-state index contributed by atoms with van der Waals surface area (Å²) in [5, 5.41) is 20.1. The molecule has 3 N–H and O–H groups in total. The number of hydrogen-bond donors (Lipinski definition) is 3. The van der Waals surface area contributed by atoms with Crippen LogP contribution >= 0.6 is 22.6 Å². The third kappa shape index (κ3) is 11.5. The van der Waals surface area contributed by atoms with Crippen molar-refractivity contribution in [2.45, 2.75) is 64.0 Å². The van der Waals surface area contributed by atoms with Gasteiger partial charge in [0.05, 0.1) is 6.04 Å². The van der Waals surface area contributed by atoms with E-state index in [1.54, 1.807) is 0 Å². The van der Waals surface area contributed by atoms with Crippen LogP contribution in [0.25, 0.3) is 0 Å². The summed E-state index contributed by atoms with van der Waals surface area (Å²) < 4.78 is 5.96. The number of carboxylic acids is 2. The van der Waals surface area contributed by atoms with Gasteiger partial charge in [0.25, 0.3) is 0 Å². The molecule has 0 aliphatic heterocycles. The number of carbonyl (C=O) groups excluding carboxylic acids is 3. The minimum atomic E-state index is -1.55. The van der Waals surface area contributed by atoms with E-state index in [1.165, 1.54) is 6.92 Å². The van der Waals surface area contributed by atoms with Gasteiger partial charge < -0.3 is 20.3 Å². The predicted molar refractivity (Wildman–Crippen MR) is 119 cm³/mol. The van der Waals surface area contributed by atoms with Gasteiger partial charge in [0.2, 0.25) is 6.10 Å². The molecular weight excluding hydrogens is 517 g/mol. The number of hydrogen-bond acceptors (Lipinski definition) is 6. The van der Waals surface area contributed by atoms with Crippen molar-refractivity contribution >= 4 is 52.2 Å². The molecule has 1 amide bonds. The van der Waals surface area contributed by atoms with Gasteiger partial charge in [0, 0.05) is 29.3 Å². The van der Waals surface area contributed by atoms with Gasteiger partial charge in [-0.25, -0.2) is 9.59 Å². The summed E-state index contributed by atoms with van der Waals surface area (Å²) in [5.74, 6) is -3.16. The number of Topliss-reactive ketones (excluding diaryl/α,β-unsaturated/α-hetero) is 2. The van der Waals surface area contributed by atoms with Crippen molar-refractivity contribution in [3.8, 4) is 0 Å². The number of aliphatic carboxylic acids is 2. The molecule has 0 radical (unpaired) electrons. The molecule has 0 aliphatic carbocycles. The molecule has 1 aromatic carbocycles. The third-order valence-corrected chi connectivity index (χ3v) is 5.19. The van der Waals surface area contributed by atoms with Gasteiger partial charge in [0.15, 0.2) is 5.78 Å². The number of carboxylic acid groups (broad SMARTS) is 2. The van der Waals surface area contributed by atoms with E-state index < -0.39 is 36.0 Å². The molecule has 9 nitrogen and oxygen atoms in total. The molecule has 0 heterocycles. The van der Waals surface area contributed by atoms with Crippen LogP contribution in [0.3, 0.4) is 0 Å². The van der Waals surface area contributed by atoms with Crippen LogP contribution in [0.1, 0.15) is 51.0 Å². The SMILES string of the molecule is CC(=O)[C@H](CCC(=O)O)NC(=O)O[C@@H](CCC(=O)CCCc1ccc([123I])cc1)C(=O)O. The normalized spacial score (nSPS) is 12.5. The van der Waals surface area contributed by atoms with E-state index in [0.29, 0.717) is 6.42 Å². The Kier molecular flexibility index (Phi) is 11.8. The fourth-order valence-corrected chi connectivity index (χ4v) is 3.10. The first-order chi connectivity index (χ1) is 14.6. The number of nitrogens with one attached hydrogen (secondary N) is 1. The summed E-state index contributed by atoms with van der Waals surface area (Å²) in [4.78, 5) is 57.5. The van der Waals surface area contributed by atoms with Gasteiger partial charge in [-0.2, -0.15) is 0 Å². The molecule has 0 aliphatic rings. The first-order valence-corrected chi connectivity index (χ1v) is 10.8. The maximum absolute atomic E-state index is 12.1. The lowest BCUT2D eigenvalue weighted by Gasteiger charge is -2.18. The Balaban J connectivity index is 2.44. The van der Waals surface area contributed by atoms with Gasteiger partial charge in [0.1, 0.15) is 5.78 Å². The lowest BCUT2D eigenvalue weighted by atomic mass is 10.0. The molecule has 0 fully saturated rings. The summed E-state index contributed by atoms with van der Waals surface area (Å²) in [6.07, 6.45) is -1.80. The summed E-state index contributed by atoms with van der Waals surface area (Å²) in [5.41, 5.74) is 1.11. The molecule has 0 spiro atoms. The Labute approximate surface area is 193 Å². The van der Waals surface area contributed by atoms with Crippen LogP contribution in [0.5, 0.6) is 0 Å². The van der Waals surface area contributed by atoms with E-state index >= 15 is 0 Å². The van der Waals surface area contributed by atoms with Crippen molar-refractivity contribution in [2.75, 3.05) is 0 Å². The number of alkyl carbamates (subject to hydrolysis) is 1. The highest BCUT2D eigenvalue weighted by molar-refractivity contribution is 14.1. The average molecular weight is 543 g/mol. The maximum Gasteiger partial charge on any atom is 0.408 e. The van der Waals surface area contributed by atoms with Crippen LogP contribution in [0.15, 0.2) is 24.3 Å². The van der Waals surface area contributed by atoms with Gasteiger partial charge in [-0.1, -0.05) is 12.1 Å². The van der Waals surface area contributed by atoms with E-state index in [9.17, 15) is 29.1 Å². The van der Waals surface area contributed by atoms with Crippen LogP contribution < -0.4 is 5.32 Å². The Morgan fingerprint density at radius 1 is 1.00 bits per heavy atom. The Morgan fingerprint density at radius 3 is 2.19 bits per heavy atom. The third-order valence-electron chi connectivity index (χ3n) is 4.47. The highest BCUT2D eigenvalue weighted by atomic mass is 123. The first kappa shape index (κ1) is 26.5. The maximum atomic E-state index is 12.1.